The van der Waals surface area contributed by atoms with Crippen LogP contribution in [0.1, 0.15) is 29.8 Å². The van der Waals surface area contributed by atoms with Gasteiger partial charge in [0.15, 0.2) is 0 Å². The highest BCUT2D eigenvalue weighted by Crippen LogP contribution is 2.10. The topological polar surface area (TPSA) is 55.4 Å². The van der Waals surface area contributed by atoms with Gasteiger partial charge in [0.1, 0.15) is 0 Å². The van der Waals surface area contributed by atoms with Gasteiger partial charge in [-0.05, 0) is 18.1 Å². The van der Waals surface area contributed by atoms with E-state index in [2.05, 4.69) is 4.84 Å². The molecule has 15 heavy (non-hydrogen) atoms. The minimum atomic E-state index is -0.539. The zero-order valence-corrected chi connectivity index (χ0v) is 8.74. The Morgan fingerprint density at radius 2 is 2.00 bits per heavy atom. The average molecular weight is 207 g/mol. The van der Waals surface area contributed by atoms with Crippen molar-refractivity contribution in [1.29, 1.82) is 0 Å². The predicted octanol–water partition coefficient (Wildman–Crippen LogP) is 1.46. The summed E-state index contributed by atoms with van der Waals surface area (Å²) in [6.45, 7) is 3.23. The first-order chi connectivity index (χ1) is 7.15. The Morgan fingerprint density at radius 1 is 1.33 bits per heavy atom. The third kappa shape index (κ3) is 3.09. The van der Waals surface area contributed by atoms with Crippen LogP contribution in [-0.4, -0.2) is 11.9 Å². The van der Waals surface area contributed by atoms with Gasteiger partial charge in [-0.1, -0.05) is 25.1 Å². The van der Waals surface area contributed by atoms with Crippen LogP contribution in [0.3, 0.4) is 0 Å². The van der Waals surface area contributed by atoms with Crippen LogP contribution in [0.4, 0.5) is 0 Å². The Labute approximate surface area is 88.2 Å². The molecule has 0 aliphatic carbocycles. The molecule has 0 fully saturated rings. The lowest BCUT2D eigenvalue weighted by Crippen LogP contribution is -2.24. The van der Waals surface area contributed by atoms with Crippen molar-refractivity contribution in [2.24, 2.45) is 0 Å². The highest BCUT2D eigenvalue weighted by molar-refractivity contribution is 5.91. The Bertz CT molecular complexity index is 374. The number of carbonyl (C=O) groups excluding carboxylic acids is 2. The second kappa shape index (κ2) is 5.14. The molecule has 0 bridgehead atoms. The molecule has 0 aliphatic heterocycles. The van der Waals surface area contributed by atoms with Gasteiger partial charge in [0.05, 0.1) is 5.56 Å². The first-order valence-corrected chi connectivity index (χ1v) is 4.70. The Kier molecular flexibility index (Phi) is 3.85. The number of hydroxylamine groups is 1. The van der Waals surface area contributed by atoms with E-state index in [1.165, 1.54) is 6.92 Å². The first-order valence-electron chi connectivity index (χ1n) is 4.70. The van der Waals surface area contributed by atoms with Gasteiger partial charge in [-0.25, -0.2) is 4.79 Å². The van der Waals surface area contributed by atoms with Crippen molar-refractivity contribution in [1.82, 2.24) is 5.48 Å². The number of nitrogens with one attached hydrogen (secondary N) is 1. The highest BCUT2D eigenvalue weighted by Gasteiger charge is 2.11. The molecule has 1 N–H and O–H groups in total. The predicted molar refractivity (Wildman–Crippen MR) is 55.1 cm³/mol. The largest absolute Gasteiger partial charge is 0.363 e. The second-order valence-electron chi connectivity index (χ2n) is 3.06. The Hall–Kier alpha value is -1.84. The zero-order chi connectivity index (χ0) is 11.3. The van der Waals surface area contributed by atoms with E-state index < -0.39 is 11.9 Å². The standard InChI is InChI=1S/C11H13NO3/c1-3-9-6-4-5-7-10(9)11(14)15-12-8(2)13/h4-7H,3H2,1-2H3,(H,12,13). The summed E-state index contributed by atoms with van der Waals surface area (Å²) in [5.41, 5.74) is 3.38. The lowest BCUT2D eigenvalue weighted by atomic mass is 10.1. The molecule has 1 amide bonds. The Morgan fingerprint density at radius 3 is 2.60 bits per heavy atom. The smallest absolute Gasteiger partial charge is 0.335 e. The van der Waals surface area contributed by atoms with E-state index >= 15 is 0 Å². The summed E-state index contributed by atoms with van der Waals surface area (Å²) in [7, 11) is 0. The number of carbonyl (C=O) groups is 2. The van der Waals surface area contributed by atoms with Crippen molar-refractivity contribution in [2.75, 3.05) is 0 Å². The second-order valence-corrected chi connectivity index (χ2v) is 3.06. The molecule has 0 radical (unpaired) electrons. The molecule has 4 heteroatoms. The Balaban J connectivity index is 2.77. The van der Waals surface area contributed by atoms with Gasteiger partial charge < -0.3 is 4.84 Å². The van der Waals surface area contributed by atoms with Gasteiger partial charge in [-0.3, -0.25) is 4.79 Å². The van der Waals surface area contributed by atoms with E-state index in [-0.39, 0.29) is 0 Å². The third-order valence-corrected chi connectivity index (χ3v) is 1.91. The molecular weight excluding hydrogens is 194 g/mol. The monoisotopic (exact) mass is 207 g/mol. The van der Waals surface area contributed by atoms with Crippen molar-refractivity contribution >= 4 is 11.9 Å². The van der Waals surface area contributed by atoms with Gasteiger partial charge in [0, 0.05) is 6.92 Å². The molecule has 0 spiro atoms. The minimum Gasteiger partial charge on any atom is -0.335 e. The number of benzene rings is 1. The maximum atomic E-state index is 11.5. The third-order valence-electron chi connectivity index (χ3n) is 1.91. The van der Waals surface area contributed by atoms with E-state index in [4.69, 9.17) is 0 Å². The molecule has 0 unspecified atom stereocenters. The van der Waals surface area contributed by atoms with E-state index in [0.717, 1.165) is 12.0 Å². The zero-order valence-electron chi connectivity index (χ0n) is 8.74. The molecule has 80 valence electrons. The molecule has 1 aromatic rings. The van der Waals surface area contributed by atoms with E-state index in [1.807, 2.05) is 24.5 Å². The molecule has 0 aromatic heterocycles. The fourth-order valence-corrected chi connectivity index (χ4v) is 1.20. The summed E-state index contributed by atoms with van der Waals surface area (Å²) in [5.74, 6) is -0.944. The van der Waals surface area contributed by atoms with Crippen molar-refractivity contribution in [3.8, 4) is 0 Å². The van der Waals surface area contributed by atoms with Crippen LogP contribution in [0.15, 0.2) is 24.3 Å². The molecule has 0 heterocycles. The molecule has 0 aliphatic rings. The minimum absolute atomic E-state index is 0.405. The van der Waals surface area contributed by atoms with Gasteiger partial charge in [0.2, 0.25) is 5.91 Å². The van der Waals surface area contributed by atoms with Crippen LogP contribution in [0.25, 0.3) is 0 Å². The molecule has 0 saturated carbocycles. The molecule has 0 saturated heterocycles. The van der Waals surface area contributed by atoms with Crippen molar-refractivity contribution in [2.45, 2.75) is 20.3 Å². The normalized spacial score (nSPS) is 9.47. The van der Waals surface area contributed by atoms with Crippen molar-refractivity contribution < 1.29 is 14.4 Å². The fourth-order valence-electron chi connectivity index (χ4n) is 1.20. The summed E-state index contributed by atoms with van der Waals surface area (Å²) in [5, 5.41) is 0. The lowest BCUT2D eigenvalue weighted by Gasteiger charge is -2.06. The maximum Gasteiger partial charge on any atom is 0.363 e. The SMILES string of the molecule is CCc1ccccc1C(=O)ONC(C)=O. The quantitative estimate of drug-likeness (QED) is 0.747. The molecule has 1 rings (SSSR count). The number of hydrogen-bond acceptors (Lipinski definition) is 3. The number of aryl methyl sites for hydroxylation is 1. The van der Waals surface area contributed by atoms with Crippen LogP contribution < -0.4 is 5.48 Å². The molecule has 0 atom stereocenters. The van der Waals surface area contributed by atoms with E-state index in [9.17, 15) is 9.59 Å². The molecular formula is C11H13NO3. The van der Waals surface area contributed by atoms with Gasteiger partial charge in [0.25, 0.3) is 0 Å². The highest BCUT2D eigenvalue weighted by atomic mass is 16.7. The fraction of sp³-hybridized carbons (Fsp3) is 0.273. The number of amides is 1. The van der Waals surface area contributed by atoms with Crippen molar-refractivity contribution in [3.63, 3.8) is 0 Å². The van der Waals surface area contributed by atoms with Crippen LogP contribution in [-0.2, 0) is 16.1 Å². The summed E-state index contributed by atoms with van der Waals surface area (Å²) in [4.78, 5) is 26.6. The van der Waals surface area contributed by atoms with Gasteiger partial charge in [-0.15, -0.1) is 0 Å². The van der Waals surface area contributed by atoms with Crippen LogP contribution in [0.5, 0.6) is 0 Å². The lowest BCUT2D eigenvalue weighted by molar-refractivity contribution is -0.127. The van der Waals surface area contributed by atoms with E-state index in [1.54, 1.807) is 12.1 Å². The van der Waals surface area contributed by atoms with E-state index in [0.29, 0.717) is 5.56 Å². The summed E-state index contributed by atoms with van der Waals surface area (Å²) in [6.07, 6.45) is 0.741. The van der Waals surface area contributed by atoms with Crippen LogP contribution >= 0.6 is 0 Å². The van der Waals surface area contributed by atoms with Crippen molar-refractivity contribution in [3.05, 3.63) is 35.4 Å². The summed E-state index contributed by atoms with van der Waals surface area (Å²) < 4.78 is 0. The van der Waals surface area contributed by atoms with Gasteiger partial charge in [-0.2, -0.15) is 5.48 Å². The number of rotatable bonds is 2. The average Bonchev–Trinajstić information content (AvgIpc) is 2.25. The maximum absolute atomic E-state index is 11.5. The summed E-state index contributed by atoms with van der Waals surface area (Å²) >= 11 is 0. The first kappa shape index (κ1) is 11.2. The van der Waals surface area contributed by atoms with Gasteiger partial charge >= 0.3 is 5.97 Å². The number of hydrogen-bond donors (Lipinski definition) is 1. The van der Waals surface area contributed by atoms with Crippen LogP contribution in [0.2, 0.25) is 0 Å². The van der Waals surface area contributed by atoms with Crippen LogP contribution in [0, 0.1) is 0 Å². The summed E-state index contributed by atoms with van der Waals surface area (Å²) in [6, 6.07) is 7.13. The molecule has 1 aromatic carbocycles. The molecule has 4 nitrogen and oxygen atoms in total.